The van der Waals surface area contributed by atoms with Gasteiger partial charge in [-0.05, 0) is 43.4 Å². The Labute approximate surface area is 139 Å². The Bertz CT molecular complexity index is 748. The van der Waals surface area contributed by atoms with E-state index in [4.69, 9.17) is 16.6 Å². The molecule has 0 unspecified atom stereocenters. The van der Waals surface area contributed by atoms with Crippen molar-refractivity contribution in [2.45, 2.75) is 31.9 Å². The minimum absolute atomic E-state index is 0.294. The Morgan fingerprint density at radius 2 is 2.05 bits per heavy atom. The minimum atomic E-state index is -0.294. The van der Waals surface area contributed by atoms with Gasteiger partial charge in [0, 0.05) is 30.3 Å². The summed E-state index contributed by atoms with van der Waals surface area (Å²) in [5.41, 5.74) is 2.45. The number of likely N-dealkylation sites (tertiary alicyclic amines) is 1. The molecule has 0 atom stereocenters. The van der Waals surface area contributed by atoms with Crippen LogP contribution in [0.2, 0.25) is 0 Å². The maximum Gasteiger partial charge on any atom is 0.336 e. The second-order valence-corrected chi connectivity index (χ2v) is 7.30. The number of thiocarbonyl (C=S) groups is 1. The molecule has 3 nitrogen and oxygen atoms in total. The molecule has 3 rings (SSSR count). The van der Waals surface area contributed by atoms with Crippen LogP contribution >= 0.6 is 24.0 Å². The highest BCUT2D eigenvalue weighted by Crippen LogP contribution is 2.25. The molecule has 0 radical (unpaired) electrons. The molecule has 116 valence electrons. The lowest BCUT2D eigenvalue weighted by Gasteiger charge is -2.28. The van der Waals surface area contributed by atoms with Crippen LogP contribution in [-0.4, -0.2) is 22.3 Å². The molecular formula is C17H19NO2S2. The molecule has 1 aromatic carbocycles. The first-order chi connectivity index (χ1) is 10.6. The molecular weight excluding hydrogens is 314 g/mol. The molecule has 0 spiro atoms. The van der Waals surface area contributed by atoms with Crippen LogP contribution in [-0.2, 0) is 5.75 Å². The number of thioether (sulfide) groups is 1. The Morgan fingerprint density at radius 1 is 1.27 bits per heavy atom. The van der Waals surface area contributed by atoms with Gasteiger partial charge in [0.25, 0.3) is 0 Å². The van der Waals surface area contributed by atoms with Crippen LogP contribution < -0.4 is 5.63 Å². The van der Waals surface area contributed by atoms with E-state index in [1.54, 1.807) is 17.8 Å². The highest BCUT2D eigenvalue weighted by molar-refractivity contribution is 8.22. The summed E-state index contributed by atoms with van der Waals surface area (Å²) in [4.78, 5) is 14.0. The SMILES string of the molecule is Cc1ccc2c(CSC(=S)N3CCCCC3)cc(=O)oc2c1. The quantitative estimate of drug-likeness (QED) is 0.610. The van der Waals surface area contributed by atoms with Gasteiger partial charge in [-0.2, -0.15) is 0 Å². The molecule has 2 heterocycles. The van der Waals surface area contributed by atoms with Crippen LogP contribution in [0.3, 0.4) is 0 Å². The number of rotatable bonds is 2. The van der Waals surface area contributed by atoms with E-state index in [1.807, 2.05) is 25.1 Å². The molecule has 0 saturated carbocycles. The van der Waals surface area contributed by atoms with Crippen molar-refractivity contribution in [1.82, 2.24) is 4.90 Å². The van der Waals surface area contributed by atoms with E-state index in [0.29, 0.717) is 11.3 Å². The molecule has 0 N–H and O–H groups in total. The van der Waals surface area contributed by atoms with Crippen LogP contribution in [0.1, 0.15) is 30.4 Å². The molecule has 1 aromatic heterocycles. The number of fused-ring (bicyclic) bond motifs is 1. The predicted molar refractivity (Wildman–Crippen MR) is 96.5 cm³/mol. The Hall–Kier alpha value is -1.33. The zero-order valence-electron chi connectivity index (χ0n) is 12.6. The number of hydrogen-bond donors (Lipinski definition) is 0. The third kappa shape index (κ3) is 3.52. The van der Waals surface area contributed by atoms with Crippen molar-refractivity contribution < 1.29 is 4.42 Å². The number of nitrogens with zero attached hydrogens (tertiary/aromatic N) is 1. The second-order valence-electron chi connectivity index (χ2n) is 5.69. The molecule has 5 heteroatoms. The Kier molecular flexibility index (Phi) is 4.84. The van der Waals surface area contributed by atoms with E-state index in [1.165, 1.54) is 19.3 Å². The van der Waals surface area contributed by atoms with Crippen molar-refractivity contribution >= 4 is 39.3 Å². The summed E-state index contributed by atoms with van der Waals surface area (Å²) in [6.07, 6.45) is 3.74. The van der Waals surface area contributed by atoms with Crippen LogP contribution in [0, 0.1) is 6.92 Å². The van der Waals surface area contributed by atoms with Crippen LogP contribution in [0.15, 0.2) is 33.5 Å². The van der Waals surface area contributed by atoms with Crippen molar-refractivity contribution in [2.24, 2.45) is 0 Å². The van der Waals surface area contributed by atoms with Crippen molar-refractivity contribution in [3.8, 4) is 0 Å². The van der Waals surface area contributed by atoms with Gasteiger partial charge in [-0.15, -0.1) is 0 Å². The van der Waals surface area contributed by atoms with Gasteiger partial charge in [-0.25, -0.2) is 4.79 Å². The number of piperidine rings is 1. The Morgan fingerprint density at radius 3 is 2.82 bits per heavy atom. The highest BCUT2D eigenvalue weighted by Gasteiger charge is 2.14. The van der Waals surface area contributed by atoms with Gasteiger partial charge in [0.2, 0.25) is 0 Å². The first kappa shape index (κ1) is 15.6. The lowest BCUT2D eigenvalue weighted by atomic mass is 10.1. The Balaban J connectivity index is 1.78. The van der Waals surface area contributed by atoms with Gasteiger partial charge in [-0.3, -0.25) is 0 Å². The average molecular weight is 333 g/mol. The van der Waals surface area contributed by atoms with Gasteiger partial charge >= 0.3 is 5.63 Å². The fraction of sp³-hybridized carbons (Fsp3) is 0.412. The average Bonchev–Trinajstić information content (AvgIpc) is 2.52. The summed E-state index contributed by atoms with van der Waals surface area (Å²) in [5.74, 6) is 0.709. The van der Waals surface area contributed by atoms with Crippen molar-refractivity contribution in [2.75, 3.05) is 13.1 Å². The fourth-order valence-corrected chi connectivity index (χ4v) is 4.01. The lowest BCUT2D eigenvalue weighted by molar-refractivity contribution is 0.352. The van der Waals surface area contributed by atoms with E-state index in [-0.39, 0.29) is 5.63 Å². The lowest BCUT2D eigenvalue weighted by Crippen LogP contribution is -2.32. The van der Waals surface area contributed by atoms with Crippen molar-refractivity contribution in [3.05, 3.63) is 45.8 Å². The summed E-state index contributed by atoms with van der Waals surface area (Å²) >= 11 is 7.18. The zero-order chi connectivity index (χ0) is 15.5. The van der Waals surface area contributed by atoms with Crippen molar-refractivity contribution in [3.63, 3.8) is 0 Å². The van der Waals surface area contributed by atoms with Gasteiger partial charge in [0.05, 0.1) is 0 Å². The third-order valence-electron chi connectivity index (χ3n) is 3.95. The first-order valence-corrected chi connectivity index (χ1v) is 8.98. The second kappa shape index (κ2) is 6.84. The van der Waals surface area contributed by atoms with E-state index >= 15 is 0 Å². The smallest absolute Gasteiger partial charge is 0.336 e. The molecule has 22 heavy (non-hydrogen) atoms. The van der Waals surface area contributed by atoms with Gasteiger partial charge in [-0.1, -0.05) is 36.1 Å². The summed E-state index contributed by atoms with van der Waals surface area (Å²) in [6.45, 7) is 4.11. The standard InChI is InChI=1S/C17H19NO2S2/c1-12-5-6-14-13(10-16(19)20-15(14)9-12)11-22-17(21)18-7-3-2-4-8-18/h5-6,9-10H,2-4,7-8,11H2,1H3. The summed E-state index contributed by atoms with van der Waals surface area (Å²) < 4.78 is 6.24. The summed E-state index contributed by atoms with van der Waals surface area (Å²) in [5, 5.41) is 0.999. The van der Waals surface area contributed by atoms with Gasteiger partial charge in [0.15, 0.2) is 0 Å². The van der Waals surface area contributed by atoms with E-state index in [2.05, 4.69) is 4.90 Å². The number of benzene rings is 1. The van der Waals surface area contributed by atoms with E-state index < -0.39 is 0 Å². The monoisotopic (exact) mass is 333 g/mol. The van der Waals surface area contributed by atoms with Crippen LogP contribution in [0.4, 0.5) is 0 Å². The van der Waals surface area contributed by atoms with Gasteiger partial charge in [0.1, 0.15) is 9.90 Å². The maximum absolute atomic E-state index is 11.7. The maximum atomic E-state index is 11.7. The minimum Gasteiger partial charge on any atom is -0.423 e. The molecule has 0 amide bonds. The molecule has 0 aliphatic carbocycles. The predicted octanol–water partition coefficient (Wildman–Crippen LogP) is 4.11. The van der Waals surface area contributed by atoms with E-state index in [0.717, 1.165) is 33.9 Å². The first-order valence-electron chi connectivity index (χ1n) is 7.58. The number of hydrogen-bond acceptors (Lipinski definition) is 4. The normalized spacial score (nSPS) is 15.2. The van der Waals surface area contributed by atoms with Crippen molar-refractivity contribution in [1.29, 1.82) is 0 Å². The third-order valence-corrected chi connectivity index (χ3v) is 5.52. The molecule has 0 bridgehead atoms. The number of aryl methyl sites for hydroxylation is 1. The molecule has 1 aliphatic heterocycles. The highest BCUT2D eigenvalue weighted by atomic mass is 32.2. The topological polar surface area (TPSA) is 33.5 Å². The van der Waals surface area contributed by atoms with E-state index in [9.17, 15) is 4.79 Å². The molecule has 1 aliphatic rings. The molecule has 1 saturated heterocycles. The van der Waals surface area contributed by atoms with Crippen LogP contribution in [0.5, 0.6) is 0 Å². The van der Waals surface area contributed by atoms with Gasteiger partial charge < -0.3 is 9.32 Å². The fourth-order valence-electron chi connectivity index (χ4n) is 2.76. The molecule has 2 aromatic rings. The van der Waals surface area contributed by atoms with Crippen LogP contribution in [0.25, 0.3) is 11.0 Å². The largest absolute Gasteiger partial charge is 0.423 e. The molecule has 1 fully saturated rings. The summed E-state index contributed by atoms with van der Waals surface area (Å²) in [7, 11) is 0. The zero-order valence-corrected chi connectivity index (χ0v) is 14.3. The summed E-state index contributed by atoms with van der Waals surface area (Å²) in [6, 6.07) is 7.56.